The van der Waals surface area contributed by atoms with Crippen molar-refractivity contribution in [2.24, 2.45) is 0 Å². The van der Waals surface area contributed by atoms with Crippen molar-refractivity contribution in [3.05, 3.63) is 66.2 Å². The number of hydrogen-bond acceptors (Lipinski definition) is 2. The van der Waals surface area contributed by atoms with Crippen molar-refractivity contribution < 1.29 is 35.9 Å². The number of para-hydroxylation sites is 2. The summed E-state index contributed by atoms with van der Waals surface area (Å²) in [6.45, 7) is -1.60. The van der Waals surface area contributed by atoms with Crippen LogP contribution in [0.5, 0.6) is 5.75 Å². The largest absolute Gasteiger partial charge is 0.482 e. The molecule has 0 fully saturated rings. The molecule has 144 valence electrons. The molecular weight excluding hydrogens is 376 g/mol. The number of nitrogens with one attached hydrogen (secondary N) is 1. The van der Waals surface area contributed by atoms with Gasteiger partial charge in [-0.3, -0.25) is 4.79 Å². The third-order valence-corrected chi connectivity index (χ3v) is 3.20. The van der Waals surface area contributed by atoms with Crippen molar-refractivity contribution in [3.63, 3.8) is 0 Å². The zero-order valence-electron chi connectivity index (χ0n) is 13.6. The molecule has 27 heavy (non-hydrogen) atoms. The van der Waals surface area contributed by atoms with Crippen LogP contribution in [0.4, 0.5) is 32.0 Å². The Balaban J connectivity index is 2.24. The molecule has 0 aliphatic rings. The van der Waals surface area contributed by atoms with Gasteiger partial charge in [-0.1, -0.05) is 42.5 Å². The van der Waals surface area contributed by atoms with Gasteiger partial charge in [0, 0.05) is 6.08 Å². The number of allylic oxidation sites excluding steroid dienone is 1. The first kappa shape index (κ1) is 20.3. The van der Waals surface area contributed by atoms with E-state index in [4.69, 9.17) is 0 Å². The first-order chi connectivity index (χ1) is 12.6. The van der Waals surface area contributed by atoms with E-state index in [1.165, 1.54) is 48.5 Å². The lowest BCUT2D eigenvalue weighted by Crippen LogP contribution is -2.20. The minimum absolute atomic E-state index is 0.183. The molecule has 0 aliphatic carbocycles. The van der Waals surface area contributed by atoms with E-state index in [0.29, 0.717) is 6.08 Å². The molecule has 1 amide bonds. The van der Waals surface area contributed by atoms with Crippen LogP contribution in [-0.2, 0) is 4.79 Å². The third kappa shape index (κ3) is 6.36. The van der Waals surface area contributed by atoms with E-state index in [9.17, 15) is 31.1 Å². The highest BCUT2D eigenvalue weighted by Gasteiger charge is 2.35. The van der Waals surface area contributed by atoms with E-state index in [2.05, 4.69) is 10.1 Å². The number of carbonyl (C=O) groups excluding carboxylic acids is 1. The Morgan fingerprint density at radius 1 is 0.926 bits per heavy atom. The fraction of sp³-hybridized carbons (Fsp3) is 0.167. The first-order valence-corrected chi connectivity index (χ1v) is 7.50. The minimum Gasteiger partial charge on any atom is -0.482 e. The van der Waals surface area contributed by atoms with E-state index in [1.807, 2.05) is 0 Å². The summed E-state index contributed by atoms with van der Waals surface area (Å²) < 4.78 is 81.1. The summed E-state index contributed by atoms with van der Waals surface area (Å²) in [5.74, 6) is -1.47. The van der Waals surface area contributed by atoms with Crippen molar-refractivity contribution >= 4 is 17.2 Å². The van der Waals surface area contributed by atoms with Gasteiger partial charge in [-0.2, -0.15) is 26.3 Å². The Labute approximate surface area is 150 Å². The lowest BCUT2D eigenvalue weighted by Gasteiger charge is -2.14. The van der Waals surface area contributed by atoms with E-state index < -0.39 is 30.4 Å². The summed E-state index contributed by atoms with van der Waals surface area (Å²) in [5, 5.41) is 2.11. The molecule has 0 saturated carbocycles. The topological polar surface area (TPSA) is 38.3 Å². The smallest absolute Gasteiger partial charge is 0.422 e. The zero-order valence-corrected chi connectivity index (χ0v) is 13.6. The molecule has 2 rings (SSSR count). The number of alkyl halides is 6. The van der Waals surface area contributed by atoms with E-state index in [1.54, 1.807) is 0 Å². The molecule has 0 heterocycles. The SMILES string of the molecule is O=C(/C=C(/c1ccccc1)C(F)(F)F)Nc1ccccc1OCC(F)(F)F. The van der Waals surface area contributed by atoms with Crippen molar-refractivity contribution in [2.45, 2.75) is 12.4 Å². The molecule has 0 spiro atoms. The van der Waals surface area contributed by atoms with Gasteiger partial charge in [0.05, 0.1) is 11.3 Å². The molecule has 0 saturated heterocycles. The Bertz CT molecular complexity index is 813. The Morgan fingerprint density at radius 3 is 2.11 bits per heavy atom. The van der Waals surface area contributed by atoms with Crippen LogP contribution in [0, 0.1) is 0 Å². The molecule has 0 radical (unpaired) electrons. The number of halogens is 6. The number of hydrogen-bond donors (Lipinski definition) is 1. The fourth-order valence-corrected chi connectivity index (χ4v) is 2.10. The number of amides is 1. The van der Waals surface area contributed by atoms with Crippen molar-refractivity contribution in [1.29, 1.82) is 0 Å². The van der Waals surface area contributed by atoms with Crippen LogP contribution >= 0.6 is 0 Å². The van der Waals surface area contributed by atoms with Crippen LogP contribution in [0.25, 0.3) is 5.57 Å². The molecule has 9 heteroatoms. The predicted octanol–water partition coefficient (Wildman–Crippen LogP) is 5.21. The van der Waals surface area contributed by atoms with Crippen LogP contribution in [0.15, 0.2) is 60.7 Å². The van der Waals surface area contributed by atoms with Crippen LogP contribution in [0.2, 0.25) is 0 Å². The van der Waals surface area contributed by atoms with Gasteiger partial charge in [-0.15, -0.1) is 0 Å². The second kappa shape index (κ2) is 8.15. The summed E-state index contributed by atoms with van der Waals surface area (Å²) in [6.07, 6.45) is -9.06. The number of ether oxygens (including phenoxy) is 1. The average molecular weight is 389 g/mol. The summed E-state index contributed by atoms with van der Waals surface area (Å²) in [4.78, 5) is 12.0. The van der Waals surface area contributed by atoms with Gasteiger partial charge in [0.25, 0.3) is 0 Å². The fourth-order valence-electron chi connectivity index (χ4n) is 2.10. The third-order valence-electron chi connectivity index (χ3n) is 3.20. The normalized spacial score (nSPS) is 12.6. The molecule has 3 nitrogen and oxygen atoms in total. The van der Waals surface area contributed by atoms with Gasteiger partial charge in [-0.05, 0) is 17.7 Å². The van der Waals surface area contributed by atoms with E-state index in [0.717, 1.165) is 6.07 Å². The standard InChI is InChI=1S/C18H13F6NO2/c19-17(20,21)11-27-15-9-5-4-8-14(15)25-16(26)10-13(18(22,23)24)12-6-2-1-3-7-12/h1-10H,11H2,(H,25,26)/b13-10-. The summed E-state index contributed by atoms with van der Waals surface area (Å²) in [6, 6.07) is 11.8. The van der Waals surface area contributed by atoms with Crippen molar-refractivity contribution in [2.75, 3.05) is 11.9 Å². The van der Waals surface area contributed by atoms with Gasteiger partial charge in [0.1, 0.15) is 5.75 Å². The highest BCUT2D eigenvalue weighted by atomic mass is 19.4. The number of carbonyl (C=O) groups is 1. The molecule has 0 aliphatic heterocycles. The highest BCUT2D eigenvalue weighted by molar-refractivity contribution is 6.05. The van der Waals surface area contributed by atoms with Crippen molar-refractivity contribution in [1.82, 2.24) is 0 Å². The van der Waals surface area contributed by atoms with Gasteiger partial charge in [-0.25, -0.2) is 0 Å². The van der Waals surface area contributed by atoms with E-state index in [-0.39, 0.29) is 17.0 Å². The summed E-state index contributed by atoms with van der Waals surface area (Å²) in [7, 11) is 0. The monoisotopic (exact) mass is 389 g/mol. The minimum atomic E-state index is -4.80. The highest BCUT2D eigenvalue weighted by Crippen LogP contribution is 2.34. The first-order valence-electron chi connectivity index (χ1n) is 7.50. The molecule has 0 atom stereocenters. The Morgan fingerprint density at radius 2 is 1.52 bits per heavy atom. The maximum atomic E-state index is 13.2. The van der Waals surface area contributed by atoms with Gasteiger partial charge in [0.2, 0.25) is 5.91 Å². The second-order valence-electron chi connectivity index (χ2n) is 5.31. The number of anilines is 1. The molecule has 2 aromatic rings. The second-order valence-corrected chi connectivity index (χ2v) is 5.31. The van der Waals surface area contributed by atoms with E-state index >= 15 is 0 Å². The lowest BCUT2D eigenvalue weighted by molar-refractivity contribution is -0.153. The van der Waals surface area contributed by atoms with Gasteiger partial charge >= 0.3 is 12.4 Å². The van der Waals surface area contributed by atoms with Crippen LogP contribution < -0.4 is 10.1 Å². The summed E-state index contributed by atoms with van der Waals surface area (Å²) in [5.41, 5.74) is -1.59. The molecule has 0 bridgehead atoms. The number of rotatable bonds is 5. The average Bonchev–Trinajstić information content (AvgIpc) is 2.58. The molecule has 0 aromatic heterocycles. The van der Waals surface area contributed by atoms with Gasteiger partial charge in [0.15, 0.2) is 6.61 Å². The maximum absolute atomic E-state index is 13.2. The maximum Gasteiger partial charge on any atom is 0.422 e. The molecule has 1 N–H and O–H groups in total. The molecular formula is C18H13F6NO2. The summed E-state index contributed by atoms with van der Waals surface area (Å²) >= 11 is 0. The van der Waals surface area contributed by atoms with Crippen LogP contribution in [-0.4, -0.2) is 24.9 Å². The zero-order chi connectivity index (χ0) is 20.1. The van der Waals surface area contributed by atoms with Gasteiger partial charge < -0.3 is 10.1 Å². The molecule has 0 unspecified atom stereocenters. The van der Waals surface area contributed by atoms with Crippen molar-refractivity contribution in [3.8, 4) is 5.75 Å². The quantitative estimate of drug-likeness (QED) is 0.563. The number of benzene rings is 2. The predicted molar refractivity (Wildman–Crippen MR) is 87.1 cm³/mol. The molecule has 2 aromatic carbocycles. The Hall–Kier alpha value is -2.97. The van der Waals surface area contributed by atoms with Crippen LogP contribution in [0.3, 0.4) is 0 Å². The Kier molecular flexibility index (Phi) is 6.14. The lowest BCUT2D eigenvalue weighted by atomic mass is 10.1. The van der Waals surface area contributed by atoms with Crippen LogP contribution in [0.1, 0.15) is 5.56 Å².